The second-order valence-electron chi connectivity index (χ2n) is 2.21. The van der Waals surface area contributed by atoms with Crippen LogP contribution in [-0.2, 0) is 13.5 Å². The summed E-state index contributed by atoms with van der Waals surface area (Å²) in [6, 6.07) is 1.56. The summed E-state index contributed by atoms with van der Waals surface area (Å²) in [6.45, 7) is 0.575. The van der Waals surface area contributed by atoms with Crippen molar-refractivity contribution in [3.63, 3.8) is 0 Å². The number of aryl methyl sites for hydroxylation is 1. The van der Waals surface area contributed by atoms with E-state index in [1.54, 1.807) is 17.8 Å². The molecule has 1 rings (SSSR count). The van der Waals surface area contributed by atoms with Crippen LogP contribution in [0.25, 0.3) is 0 Å². The summed E-state index contributed by atoms with van der Waals surface area (Å²) in [5.41, 5.74) is 6.20. The number of rotatable bonds is 2. The van der Waals surface area contributed by atoms with Gasteiger partial charge in [-0.15, -0.1) is 0 Å². The Morgan fingerprint density at radius 2 is 2.50 bits per heavy atom. The van der Waals surface area contributed by atoms with Gasteiger partial charge in [0.25, 0.3) is 5.56 Å². The molecule has 4 heteroatoms. The Labute approximate surface area is 58.6 Å². The average Bonchev–Trinajstić information content (AvgIpc) is 2.13. The summed E-state index contributed by atoms with van der Waals surface area (Å²) in [4.78, 5) is 10.7. The quantitative estimate of drug-likeness (QED) is 0.567. The van der Waals surface area contributed by atoms with Crippen LogP contribution in [-0.4, -0.2) is 16.3 Å². The van der Waals surface area contributed by atoms with Crippen molar-refractivity contribution in [2.24, 2.45) is 12.8 Å². The van der Waals surface area contributed by atoms with E-state index in [9.17, 15) is 4.79 Å². The van der Waals surface area contributed by atoms with Crippen molar-refractivity contribution in [2.45, 2.75) is 6.42 Å². The van der Waals surface area contributed by atoms with Crippen LogP contribution < -0.4 is 11.3 Å². The minimum atomic E-state index is -0.0639. The third kappa shape index (κ3) is 1.27. The predicted molar refractivity (Wildman–Crippen MR) is 38.8 cm³/mol. The van der Waals surface area contributed by atoms with Crippen molar-refractivity contribution in [1.29, 1.82) is 0 Å². The Kier molecular flexibility index (Phi) is 1.91. The third-order valence-corrected chi connectivity index (χ3v) is 1.41. The number of aromatic amines is 1. The molecule has 0 radical (unpaired) electrons. The summed E-state index contributed by atoms with van der Waals surface area (Å²) < 4.78 is 1.69. The zero-order valence-corrected chi connectivity index (χ0v) is 5.92. The lowest BCUT2D eigenvalue weighted by Gasteiger charge is -1.97. The highest BCUT2D eigenvalue weighted by Crippen LogP contribution is 1.90. The van der Waals surface area contributed by atoms with Crippen molar-refractivity contribution in [3.05, 3.63) is 22.1 Å². The SMILES string of the molecule is Cn1[nH]c(=O)cc1CCN. The first-order valence-electron chi connectivity index (χ1n) is 3.19. The monoisotopic (exact) mass is 141 g/mol. The second kappa shape index (κ2) is 2.70. The molecule has 0 bridgehead atoms. The van der Waals surface area contributed by atoms with E-state index in [4.69, 9.17) is 5.73 Å². The minimum absolute atomic E-state index is 0.0639. The van der Waals surface area contributed by atoms with Crippen molar-refractivity contribution < 1.29 is 0 Å². The molecule has 1 aromatic rings. The second-order valence-corrected chi connectivity index (χ2v) is 2.21. The molecular formula is C6H11N3O. The fourth-order valence-electron chi connectivity index (χ4n) is 0.905. The van der Waals surface area contributed by atoms with Crippen LogP contribution in [0.2, 0.25) is 0 Å². The lowest BCUT2D eigenvalue weighted by molar-refractivity contribution is 0.700. The first-order valence-corrected chi connectivity index (χ1v) is 3.19. The van der Waals surface area contributed by atoms with Crippen molar-refractivity contribution in [1.82, 2.24) is 9.78 Å². The van der Waals surface area contributed by atoms with Gasteiger partial charge in [-0.2, -0.15) is 0 Å². The zero-order chi connectivity index (χ0) is 7.56. The molecule has 56 valence electrons. The third-order valence-electron chi connectivity index (χ3n) is 1.41. The molecule has 0 unspecified atom stereocenters. The Balaban J connectivity index is 2.92. The van der Waals surface area contributed by atoms with E-state index in [-0.39, 0.29) is 5.56 Å². The standard InChI is InChI=1S/C6H11N3O/c1-9-5(2-3-7)4-6(10)8-9/h4H,2-3,7H2,1H3,(H,8,10). The molecule has 0 atom stereocenters. The Hall–Kier alpha value is -1.03. The van der Waals surface area contributed by atoms with E-state index in [0.29, 0.717) is 6.54 Å². The fourth-order valence-corrected chi connectivity index (χ4v) is 0.905. The fraction of sp³-hybridized carbons (Fsp3) is 0.500. The lowest BCUT2D eigenvalue weighted by Crippen LogP contribution is -2.07. The largest absolute Gasteiger partial charge is 0.330 e. The minimum Gasteiger partial charge on any atom is -0.330 e. The highest BCUT2D eigenvalue weighted by molar-refractivity contribution is 5.00. The predicted octanol–water partition coefficient (Wildman–Crippen LogP) is -0.785. The number of hydrogen-bond donors (Lipinski definition) is 2. The van der Waals surface area contributed by atoms with Crippen molar-refractivity contribution >= 4 is 0 Å². The maximum atomic E-state index is 10.7. The van der Waals surface area contributed by atoms with Crippen molar-refractivity contribution in [2.75, 3.05) is 6.54 Å². The van der Waals surface area contributed by atoms with Gasteiger partial charge >= 0.3 is 0 Å². The van der Waals surface area contributed by atoms with Gasteiger partial charge in [0.2, 0.25) is 0 Å². The van der Waals surface area contributed by atoms with Gasteiger partial charge in [0.1, 0.15) is 0 Å². The Morgan fingerprint density at radius 1 is 1.80 bits per heavy atom. The van der Waals surface area contributed by atoms with Gasteiger partial charge in [0.05, 0.1) is 0 Å². The average molecular weight is 141 g/mol. The number of aromatic nitrogens is 2. The molecule has 1 aromatic heterocycles. The number of nitrogens with two attached hydrogens (primary N) is 1. The molecule has 0 saturated carbocycles. The van der Waals surface area contributed by atoms with Gasteiger partial charge < -0.3 is 5.73 Å². The highest BCUT2D eigenvalue weighted by Gasteiger charge is 1.97. The molecule has 0 saturated heterocycles. The summed E-state index contributed by atoms with van der Waals surface area (Å²) in [5, 5.41) is 2.60. The van der Waals surface area contributed by atoms with Gasteiger partial charge in [-0.05, 0) is 6.54 Å². The summed E-state index contributed by atoms with van der Waals surface area (Å²) in [5.74, 6) is 0. The van der Waals surface area contributed by atoms with Crippen LogP contribution in [0.5, 0.6) is 0 Å². The molecule has 1 heterocycles. The van der Waals surface area contributed by atoms with E-state index in [2.05, 4.69) is 5.10 Å². The maximum Gasteiger partial charge on any atom is 0.264 e. The van der Waals surface area contributed by atoms with Crippen LogP contribution in [0, 0.1) is 0 Å². The Morgan fingerprint density at radius 3 is 2.90 bits per heavy atom. The molecule has 0 aromatic carbocycles. The summed E-state index contributed by atoms with van der Waals surface area (Å²) in [6.07, 6.45) is 0.745. The summed E-state index contributed by atoms with van der Waals surface area (Å²) in [7, 11) is 1.80. The highest BCUT2D eigenvalue weighted by atomic mass is 16.1. The van der Waals surface area contributed by atoms with Gasteiger partial charge in [-0.25, -0.2) is 0 Å². The van der Waals surface area contributed by atoms with Gasteiger partial charge in [0.15, 0.2) is 0 Å². The molecule has 10 heavy (non-hydrogen) atoms. The van der Waals surface area contributed by atoms with E-state index < -0.39 is 0 Å². The van der Waals surface area contributed by atoms with E-state index in [1.807, 2.05) is 0 Å². The molecule has 0 aliphatic heterocycles. The smallest absolute Gasteiger partial charge is 0.264 e. The van der Waals surface area contributed by atoms with Crippen LogP contribution >= 0.6 is 0 Å². The van der Waals surface area contributed by atoms with E-state index in [0.717, 1.165) is 12.1 Å². The van der Waals surface area contributed by atoms with E-state index in [1.165, 1.54) is 0 Å². The van der Waals surface area contributed by atoms with Gasteiger partial charge in [-0.3, -0.25) is 14.6 Å². The van der Waals surface area contributed by atoms with Crippen LogP contribution in [0.3, 0.4) is 0 Å². The first-order chi connectivity index (χ1) is 4.74. The van der Waals surface area contributed by atoms with Crippen LogP contribution in [0.1, 0.15) is 5.69 Å². The molecular weight excluding hydrogens is 130 g/mol. The van der Waals surface area contributed by atoms with Crippen LogP contribution in [0.15, 0.2) is 10.9 Å². The molecule has 4 nitrogen and oxygen atoms in total. The number of H-pyrrole nitrogens is 1. The van der Waals surface area contributed by atoms with E-state index >= 15 is 0 Å². The Bertz CT molecular complexity index is 260. The molecule has 0 aliphatic carbocycles. The molecule has 0 spiro atoms. The molecule has 0 aliphatic rings. The number of nitrogens with one attached hydrogen (secondary N) is 1. The summed E-state index contributed by atoms with van der Waals surface area (Å²) >= 11 is 0. The normalized spacial score (nSPS) is 10.2. The molecule has 0 fully saturated rings. The molecule has 0 amide bonds. The first kappa shape index (κ1) is 7.08. The molecule has 3 N–H and O–H groups in total. The lowest BCUT2D eigenvalue weighted by atomic mass is 10.3. The maximum absolute atomic E-state index is 10.7. The van der Waals surface area contributed by atoms with Crippen molar-refractivity contribution in [3.8, 4) is 0 Å². The van der Waals surface area contributed by atoms with Crippen LogP contribution in [0.4, 0.5) is 0 Å². The van der Waals surface area contributed by atoms with Gasteiger partial charge in [0, 0.05) is 25.2 Å². The number of hydrogen-bond acceptors (Lipinski definition) is 2. The van der Waals surface area contributed by atoms with Gasteiger partial charge in [-0.1, -0.05) is 0 Å². The number of nitrogens with zero attached hydrogens (tertiary/aromatic N) is 1. The topological polar surface area (TPSA) is 63.8 Å². The zero-order valence-electron chi connectivity index (χ0n) is 5.92.